The zero-order valence-electron chi connectivity index (χ0n) is 15.3. The molecule has 0 aliphatic carbocycles. The predicted molar refractivity (Wildman–Crippen MR) is 114 cm³/mol. The normalized spacial score (nSPS) is 12.4. The van der Waals surface area contributed by atoms with Crippen molar-refractivity contribution in [3.8, 4) is 5.75 Å². The first-order valence-electron chi connectivity index (χ1n) is 8.51. The lowest BCUT2D eigenvalue weighted by molar-refractivity contribution is 0.107. The van der Waals surface area contributed by atoms with E-state index in [2.05, 4.69) is 15.4 Å². The molecule has 2 aromatic rings. The summed E-state index contributed by atoms with van der Waals surface area (Å²) in [5.74, 6) is 0.541. The minimum atomic E-state index is -3.31. The van der Waals surface area contributed by atoms with Gasteiger partial charge >= 0.3 is 0 Å². The molecule has 0 amide bonds. The largest absolute Gasteiger partial charge is 0.491 e. The van der Waals surface area contributed by atoms with Crippen LogP contribution in [0.25, 0.3) is 0 Å². The van der Waals surface area contributed by atoms with E-state index in [1.54, 1.807) is 36.4 Å². The molecule has 7 nitrogen and oxygen atoms in total. The first-order chi connectivity index (χ1) is 13.2. The van der Waals surface area contributed by atoms with Gasteiger partial charge in [-0.15, -0.1) is 0 Å². The Labute approximate surface area is 175 Å². The van der Waals surface area contributed by atoms with Gasteiger partial charge in [-0.05, 0) is 42.5 Å². The van der Waals surface area contributed by atoms with Crippen molar-refractivity contribution < 1.29 is 18.3 Å². The fraction of sp³-hybridized carbons (Fsp3) is 0.333. The molecule has 2 rings (SSSR count). The number of sulfonamides is 1. The second kappa shape index (κ2) is 10.7. The quantitative estimate of drug-likeness (QED) is 0.395. The Morgan fingerprint density at radius 3 is 2.36 bits per heavy atom. The van der Waals surface area contributed by atoms with Crippen LogP contribution in [0.2, 0.25) is 10.0 Å². The summed E-state index contributed by atoms with van der Waals surface area (Å²) in [6.45, 7) is 1.78. The second-order valence-corrected chi connectivity index (χ2v) is 8.69. The summed E-state index contributed by atoms with van der Waals surface area (Å²) in [6.07, 6.45) is 0.403. The van der Waals surface area contributed by atoms with Crippen LogP contribution in [0.1, 0.15) is 0 Å². The van der Waals surface area contributed by atoms with Gasteiger partial charge in [0.25, 0.3) is 0 Å². The third kappa shape index (κ3) is 8.53. The Kier molecular flexibility index (Phi) is 8.65. The highest BCUT2D eigenvalue weighted by atomic mass is 35.5. The number of hydrogen-bond acceptors (Lipinski definition) is 6. The van der Waals surface area contributed by atoms with E-state index in [-0.39, 0.29) is 6.61 Å². The minimum absolute atomic E-state index is 0.117. The van der Waals surface area contributed by atoms with Crippen LogP contribution in [-0.2, 0) is 10.0 Å². The van der Waals surface area contributed by atoms with Crippen molar-refractivity contribution in [1.29, 1.82) is 0 Å². The van der Waals surface area contributed by atoms with Crippen LogP contribution < -0.4 is 20.1 Å². The van der Waals surface area contributed by atoms with Gasteiger partial charge in [-0.25, -0.2) is 8.42 Å². The third-order valence-corrected chi connectivity index (χ3v) is 4.88. The summed E-state index contributed by atoms with van der Waals surface area (Å²) in [6, 6.07) is 11.8. The molecule has 154 valence electrons. The lowest BCUT2D eigenvalue weighted by Gasteiger charge is -2.14. The number of benzene rings is 2. The maximum atomic E-state index is 11.2. The van der Waals surface area contributed by atoms with Gasteiger partial charge in [0.15, 0.2) is 0 Å². The van der Waals surface area contributed by atoms with Gasteiger partial charge in [0.1, 0.15) is 18.5 Å². The summed E-state index contributed by atoms with van der Waals surface area (Å²) in [5.41, 5.74) is 1.32. The standard InChI is InChI=1S/C18H23Cl2N3O4S/c1-28(25,26)23-13-2-5-16(6-3-13)27-12-15(24)11-21-8-9-22-14-4-7-17(19)18(20)10-14/h2-7,10,15,21-24H,8-9,11-12H2,1H3/t15-/m0/s1. The number of aliphatic hydroxyl groups is 1. The first kappa shape index (κ1) is 22.6. The van der Waals surface area contributed by atoms with E-state index < -0.39 is 16.1 Å². The number of hydrogen-bond donors (Lipinski definition) is 4. The molecule has 0 saturated carbocycles. The van der Waals surface area contributed by atoms with Crippen molar-refractivity contribution in [2.45, 2.75) is 6.10 Å². The Morgan fingerprint density at radius 2 is 1.71 bits per heavy atom. The summed E-state index contributed by atoms with van der Waals surface area (Å²) in [7, 11) is -3.31. The monoisotopic (exact) mass is 447 g/mol. The van der Waals surface area contributed by atoms with Crippen molar-refractivity contribution in [3.05, 3.63) is 52.5 Å². The molecule has 1 atom stereocenters. The molecule has 2 aromatic carbocycles. The summed E-state index contributed by atoms with van der Waals surface area (Å²) >= 11 is 11.8. The summed E-state index contributed by atoms with van der Waals surface area (Å²) in [4.78, 5) is 0. The molecule has 0 aliphatic rings. The van der Waals surface area contributed by atoms with E-state index in [1.807, 2.05) is 6.07 Å². The number of rotatable bonds is 11. The van der Waals surface area contributed by atoms with Crippen molar-refractivity contribution in [3.63, 3.8) is 0 Å². The average Bonchev–Trinajstić information content (AvgIpc) is 2.62. The van der Waals surface area contributed by atoms with Gasteiger partial charge in [-0.1, -0.05) is 23.2 Å². The number of aliphatic hydroxyl groups excluding tert-OH is 1. The molecule has 0 heterocycles. The Balaban J connectivity index is 1.62. The first-order valence-corrected chi connectivity index (χ1v) is 11.2. The summed E-state index contributed by atoms with van der Waals surface area (Å²) < 4.78 is 30.2. The van der Waals surface area contributed by atoms with Crippen LogP contribution in [-0.4, -0.2) is 52.1 Å². The van der Waals surface area contributed by atoms with Crippen LogP contribution in [0.4, 0.5) is 11.4 Å². The van der Waals surface area contributed by atoms with Crippen LogP contribution in [0.15, 0.2) is 42.5 Å². The maximum Gasteiger partial charge on any atom is 0.229 e. The van der Waals surface area contributed by atoms with E-state index in [0.29, 0.717) is 41.1 Å². The van der Waals surface area contributed by atoms with Gasteiger partial charge in [-0.3, -0.25) is 4.72 Å². The summed E-state index contributed by atoms with van der Waals surface area (Å²) in [5, 5.41) is 17.3. The van der Waals surface area contributed by atoms with E-state index in [4.69, 9.17) is 27.9 Å². The molecule has 28 heavy (non-hydrogen) atoms. The molecule has 0 spiro atoms. The Morgan fingerprint density at radius 1 is 1.04 bits per heavy atom. The molecular weight excluding hydrogens is 425 g/mol. The molecule has 0 aliphatic heterocycles. The molecule has 0 unspecified atom stereocenters. The topological polar surface area (TPSA) is 99.7 Å². The zero-order valence-corrected chi connectivity index (χ0v) is 17.6. The van der Waals surface area contributed by atoms with E-state index in [0.717, 1.165) is 11.9 Å². The highest BCUT2D eigenvalue weighted by Crippen LogP contribution is 2.24. The lowest BCUT2D eigenvalue weighted by atomic mass is 10.3. The van der Waals surface area contributed by atoms with Crippen molar-refractivity contribution in [2.75, 3.05) is 42.5 Å². The van der Waals surface area contributed by atoms with Crippen molar-refractivity contribution in [1.82, 2.24) is 5.32 Å². The highest BCUT2D eigenvalue weighted by Gasteiger charge is 2.06. The predicted octanol–water partition coefficient (Wildman–Crippen LogP) is 2.81. The molecule has 10 heteroatoms. The van der Waals surface area contributed by atoms with E-state index in [9.17, 15) is 13.5 Å². The SMILES string of the molecule is CS(=O)(=O)Nc1ccc(OC[C@@H](O)CNCCNc2ccc(Cl)c(Cl)c2)cc1. The van der Waals surface area contributed by atoms with Crippen LogP contribution in [0.3, 0.4) is 0 Å². The van der Waals surface area contributed by atoms with Crippen LogP contribution >= 0.6 is 23.2 Å². The van der Waals surface area contributed by atoms with E-state index in [1.165, 1.54) is 0 Å². The highest BCUT2D eigenvalue weighted by molar-refractivity contribution is 7.92. The smallest absolute Gasteiger partial charge is 0.229 e. The fourth-order valence-electron chi connectivity index (χ4n) is 2.25. The molecule has 4 N–H and O–H groups in total. The van der Waals surface area contributed by atoms with Crippen molar-refractivity contribution >= 4 is 44.6 Å². The zero-order chi connectivity index (χ0) is 20.6. The molecule has 0 bridgehead atoms. The second-order valence-electron chi connectivity index (χ2n) is 6.12. The molecule has 0 radical (unpaired) electrons. The van der Waals surface area contributed by atoms with Crippen LogP contribution in [0, 0.1) is 0 Å². The Hall–Kier alpha value is -1.71. The van der Waals surface area contributed by atoms with Crippen molar-refractivity contribution in [2.24, 2.45) is 0 Å². The van der Waals surface area contributed by atoms with Crippen LogP contribution in [0.5, 0.6) is 5.75 Å². The molecule has 0 aromatic heterocycles. The minimum Gasteiger partial charge on any atom is -0.491 e. The van der Waals surface area contributed by atoms with E-state index >= 15 is 0 Å². The lowest BCUT2D eigenvalue weighted by Crippen LogP contribution is -2.34. The third-order valence-electron chi connectivity index (χ3n) is 3.53. The Bertz CT molecular complexity index is 864. The number of ether oxygens (including phenoxy) is 1. The molecular formula is C18H23Cl2N3O4S. The average molecular weight is 448 g/mol. The van der Waals surface area contributed by atoms with Gasteiger partial charge < -0.3 is 20.5 Å². The number of anilines is 2. The molecule has 0 fully saturated rings. The maximum absolute atomic E-state index is 11.2. The number of halogens is 2. The van der Waals surface area contributed by atoms with Gasteiger partial charge in [0.2, 0.25) is 10.0 Å². The van der Waals surface area contributed by atoms with Gasteiger partial charge in [0.05, 0.1) is 16.3 Å². The molecule has 0 saturated heterocycles. The fourth-order valence-corrected chi connectivity index (χ4v) is 3.12. The van der Waals surface area contributed by atoms with Gasteiger partial charge in [0, 0.05) is 31.0 Å². The van der Waals surface area contributed by atoms with Gasteiger partial charge in [-0.2, -0.15) is 0 Å². The number of nitrogens with one attached hydrogen (secondary N) is 3.